The summed E-state index contributed by atoms with van der Waals surface area (Å²) in [4.78, 5) is 5.54. The van der Waals surface area contributed by atoms with Crippen molar-refractivity contribution in [1.29, 1.82) is 5.26 Å². The highest BCUT2D eigenvalue weighted by Crippen LogP contribution is 2.10. The summed E-state index contributed by atoms with van der Waals surface area (Å²) < 4.78 is 0. The predicted octanol–water partition coefficient (Wildman–Crippen LogP) is 1.78. The Morgan fingerprint density at radius 2 is 2.17 bits per heavy atom. The van der Waals surface area contributed by atoms with Crippen LogP contribution in [-0.4, -0.2) is 11.5 Å². The molecule has 0 amide bonds. The van der Waals surface area contributed by atoms with Gasteiger partial charge in [-0.05, 0) is 18.6 Å². The van der Waals surface area contributed by atoms with Crippen LogP contribution in [0.2, 0.25) is 0 Å². The van der Waals surface area contributed by atoms with Crippen LogP contribution in [0.3, 0.4) is 0 Å². The summed E-state index contributed by atoms with van der Waals surface area (Å²) >= 11 is 0. The Morgan fingerprint density at radius 3 is 2.67 bits per heavy atom. The zero-order valence-corrected chi connectivity index (χ0v) is 7.07. The fourth-order valence-corrected chi connectivity index (χ4v) is 0.984. The third-order valence-corrected chi connectivity index (χ3v) is 1.54. The predicted molar refractivity (Wildman–Crippen MR) is 47.5 cm³/mol. The molecule has 0 unspecified atom stereocenters. The highest BCUT2D eigenvalue weighted by molar-refractivity contribution is 5.48. The van der Waals surface area contributed by atoms with E-state index in [0.29, 0.717) is 0 Å². The largest absolute Gasteiger partial charge is 0.279 e. The van der Waals surface area contributed by atoms with E-state index in [1.54, 1.807) is 17.3 Å². The zero-order chi connectivity index (χ0) is 8.81. The van der Waals surface area contributed by atoms with Gasteiger partial charge in [0.05, 0.1) is 5.69 Å². The molecule has 1 aromatic rings. The summed E-state index contributed by atoms with van der Waals surface area (Å²) in [5.74, 6) is 0. The normalized spacial score (nSPS) is 9.00. The van der Waals surface area contributed by atoms with Gasteiger partial charge in [0.25, 0.3) is 0 Å². The molecule has 0 aliphatic heterocycles. The molecule has 12 heavy (non-hydrogen) atoms. The van der Waals surface area contributed by atoms with E-state index in [0.717, 1.165) is 18.7 Å². The third-order valence-electron chi connectivity index (χ3n) is 1.54. The molecule has 1 heterocycles. The van der Waals surface area contributed by atoms with Crippen LogP contribution in [0.1, 0.15) is 13.3 Å². The summed E-state index contributed by atoms with van der Waals surface area (Å²) in [5.41, 5.74) is 0.911. The van der Waals surface area contributed by atoms with Crippen molar-refractivity contribution in [2.24, 2.45) is 0 Å². The maximum Gasteiger partial charge on any atom is 0.184 e. The molecule has 1 rings (SSSR count). The molecular weight excluding hydrogens is 150 g/mol. The summed E-state index contributed by atoms with van der Waals surface area (Å²) in [7, 11) is 0. The van der Waals surface area contributed by atoms with Gasteiger partial charge in [-0.3, -0.25) is 9.88 Å². The Balaban J connectivity index is 2.75. The molecule has 0 atom stereocenters. The van der Waals surface area contributed by atoms with Crippen LogP contribution in [0.5, 0.6) is 0 Å². The van der Waals surface area contributed by atoms with Gasteiger partial charge >= 0.3 is 0 Å². The first-order valence-corrected chi connectivity index (χ1v) is 3.95. The van der Waals surface area contributed by atoms with Gasteiger partial charge < -0.3 is 0 Å². The molecule has 0 radical (unpaired) electrons. The van der Waals surface area contributed by atoms with E-state index in [4.69, 9.17) is 5.26 Å². The smallest absolute Gasteiger partial charge is 0.184 e. The van der Waals surface area contributed by atoms with Gasteiger partial charge in [-0.25, -0.2) is 0 Å². The lowest BCUT2D eigenvalue weighted by Crippen LogP contribution is -2.16. The van der Waals surface area contributed by atoms with Crippen molar-refractivity contribution >= 4 is 5.69 Å². The third kappa shape index (κ3) is 1.96. The van der Waals surface area contributed by atoms with Gasteiger partial charge in [0.15, 0.2) is 6.19 Å². The van der Waals surface area contributed by atoms with E-state index in [1.165, 1.54) is 0 Å². The van der Waals surface area contributed by atoms with Crippen molar-refractivity contribution in [3.8, 4) is 6.19 Å². The van der Waals surface area contributed by atoms with E-state index in [1.807, 2.05) is 19.1 Å². The second kappa shape index (κ2) is 4.35. The molecule has 0 bridgehead atoms. The molecule has 0 N–H and O–H groups in total. The lowest BCUT2D eigenvalue weighted by molar-refractivity contribution is 0.886. The van der Waals surface area contributed by atoms with Crippen LogP contribution in [-0.2, 0) is 0 Å². The average Bonchev–Trinajstić information content (AvgIpc) is 2.15. The van der Waals surface area contributed by atoms with E-state index in [9.17, 15) is 0 Å². The molecule has 0 spiro atoms. The van der Waals surface area contributed by atoms with Crippen molar-refractivity contribution < 1.29 is 0 Å². The minimum Gasteiger partial charge on any atom is -0.279 e. The topological polar surface area (TPSA) is 39.9 Å². The van der Waals surface area contributed by atoms with Gasteiger partial charge in [-0.15, -0.1) is 0 Å². The fraction of sp³-hybridized carbons (Fsp3) is 0.333. The second-order valence-electron chi connectivity index (χ2n) is 2.46. The van der Waals surface area contributed by atoms with Crippen LogP contribution in [0.4, 0.5) is 5.69 Å². The molecule has 0 aliphatic carbocycles. The van der Waals surface area contributed by atoms with E-state index >= 15 is 0 Å². The monoisotopic (exact) mass is 161 g/mol. The molecule has 0 aliphatic rings. The SMILES string of the molecule is CCCN(C#N)c1ccncc1. The molecule has 0 fully saturated rings. The Morgan fingerprint density at radius 1 is 1.50 bits per heavy atom. The Bertz CT molecular complexity index is 263. The molecule has 3 heteroatoms. The number of nitrogens with zero attached hydrogens (tertiary/aromatic N) is 3. The van der Waals surface area contributed by atoms with Gasteiger partial charge in [0.2, 0.25) is 0 Å². The Kier molecular flexibility index (Phi) is 3.09. The number of anilines is 1. The Hall–Kier alpha value is -1.56. The van der Waals surface area contributed by atoms with Gasteiger partial charge in [-0.2, -0.15) is 5.26 Å². The molecule has 0 aromatic carbocycles. The van der Waals surface area contributed by atoms with Gasteiger partial charge in [0.1, 0.15) is 0 Å². The van der Waals surface area contributed by atoms with Gasteiger partial charge in [0, 0.05) is 18.9 Å². The first kappa shape index (κ1) is 8.54. The lowest BCUT2D eigenvalue weighted by atomic mass is 10.3. The average molecular weight is 161 g/mol. The summed E-state index contributed by atoms with van der Waals surface area (Å²) in [5, 5.41) is 8.77. The maximum atomic E-state index is 8.77. The number of aromatic nitrogens is 1. The molecule has 0 saturated carbocycles. The maximum absolute atomic E-state index is 8.77. The van der Waals surface area contributed by atoms with Crippen LogP contribution in [0.15, 0.2) is 24.5 Å². The summed E-state index contributed by atoms with van der Waals surface area (Å²) in [6, 6.07) is 3.66. The minimum absolute atomic E-state index is 0.764. The van der Waals surface area contributed by atoms with Crippen molar-refractivity contribution in [3.63, 3.8) is 0 Å². The molecule has 3 nitrogen and oxygen atoms in total. The van der Waals surface area contributed by atoms with Gasteiger partial charge in [-0.1, -0.05) is 6.92 Å². The van der Waals surface area contributed by atoms with Crippen LogP contribution >= 0.6 is 0 Å². The number of nitriles is 1. The van der Waals surface area contributed by atoms with E-state index in [-0.39, 0.29) is 0 Å². The van der Waals surface area contributed by atoms with Crippen molar-refractivity contribution in [1.82, 2.24) is 4.98 Å². The Labute approximate surface area is 72.3 Å². The first-order chi connectivity index (χ1) is 5.88. The van der Waals surface area contributed by atoms with E-state index < -0.39 is 0 Å². The molecule has 1 aromatic heterocycles. The van der Waals surface area contributed by atoms with Crippen molar-refractivity contribution in [3.05, 3.63) is 24.5 Å². The number of rotatable bonds is 3. The van der Waals surface area contributed by atoms with Crippen LogP contribution in [0, 0.1) is 11.5 Å². The summed E-state index contributed by atoms with van der Waals surface area (Å²) in [6.45, 7) is 2.81. The fourth-order valence-electron chi connectivity index (χ4n) is 0.984. The molecule has 0 saturated heterocycles. The van der Waals surface area contributed by atoms with Crippen molar-refractivity contribution in [2.75, 3.05) is 11.4 Å². The summed E-state index contributed by atoms with van der Waals surface area (Å²) in [6.07, 6.45) is 6.47. The molecular formula is C9H11N3. The zero-order valence-electron chi connectivity index (χ0n) is 7.07. The second-order valence-corrected chi connectivity index (χ2v) is 2.46. The highest BCUT2D eigenvalue weighted by atomic mass is 15.1. The van der Waals surface area contributed by atoms with E-state index in [2.05, 4.69) is 11.2 Å². The number of hydrogen-bond donors (Lipinski definition) is 0. The molecule has 62 valence electrons. The van der Waals surface area contributed by atoms with Crippen molar-refractivity contribution in [2.45, 2.75) is 13.3 Å². The first-order valence-electron chi connectivity index (χ1n) is 3.95. The van der Waals surface area contributed by atoms with Crippen LogP contribution < -0.4 is 4.90 Å². The number of pyridine rings is 1. The highest BCUT2D eigenvalue weighted by Gasteiger charge is 2.01. The lowest BCUT2D eigenvalue weighted by Gasteiger charge is -2.13. The quantitative estimate of drug-likeness (QED) is 0.501. The number of hydrogen-bond acceptors (Lipinski definition) is 3. The van der Waals surface area contributed by atoms with Crippen LogP contribution in [0.25, 0.3) is 0 Å². The minimum atomic E-state index is 0.764. The standard InChI is InChI=1S/C9H11N3/c1-2-7-12(8-10)9-3-5-11-6-4-9/h3-6H,2,7H2,1H3.